The Hall–Kier alpha value is -5.37. The second kappa shape index (κ2) is 28.8. The first kappa shape index (κ1) is 57.0. The van der Waals surface area contributed by atoms with E-state index in [1.807, 2.05) is 50.3 Å². The Morgan fingerprint density at radius 2 is 1.37 bits per heavy atom. The molecule has 1 aliphatic rings. The summed E-state index contributed by atoms with van der Waals surface area (Å²) >= 11 is 0. The van der Waals surface area contributed by atoms with Gasteiger partial charge in [0.2, 0.25) is 41.4 Å². The minimum atomic E-state index is -1.53. The monoisotopic (exact) mass is 951 g/mol. The lowest BCUT2D eigenvalue weighted by atomic mass is 9.91. The van der Waals surface area contributed by atoms with Crippen LogP contribution in [-0.4, -0.2) is 107 Å². The molecule has 3 rings (SSSR count). The maximum absolute atomic E-state index is 14.7. The lowest BCUT2D eigenvalue weighted by Gasteiger charge is -2.34. The van der Waals surface area contributed by atoms with Crippen molar-refractivity contribution in [2.75, 3.05) is 19.6 Å². The van der Waals surface area contributed by atoms with E-state index in [0.29, 0.717) is 90.3 Å². The molecule has 2 heterocycles. The van der Waals surface area contributed by atoms with E-state index in [2.05, 4.69) is 36.9 Å². The van der Waals surface area contributed by atoms with Crippen molar-refractivity contribution in [1.82, 2.24) is 36.9 Å². The van der Waals surface area contributed by atoms with Gasteiger partial charge in [-0.3, -0.25) is 33.6 Å². The molecule has 380 valence electrons. The van der Waals surface area contributed by atoms with Crippen molar-refractivity contribution in [3.8, 4) is 0 Å². The number of H-pyrrole nitrogens is 1. The second-order valence-electron chi connectivity index (χ2n) is 19.1. The summed E-state index contributed by atoms with van der Waals surface area (Å²) in [4.78, 5) is 102. The minimum Gasteiger partial charge on any atom is -0.368 e. The number of nitrogens with two attached hydrogens (primary N) is 5. The zero-order valence-corrected chi connectivity index (χ0v) is 40.9. The van der Waals surface area contributed by atoms with Crippen LogP contribution in [0.5, 0.6) is 0 Å². The number of carbonyl (C=O) groups excluding carboxylic acids is 7. The van der Waals surface area contributed by atoms with Crippen molar-refractivity contribution in [3.63, 3.8) is 0 Å². The standard InChI is InChI=1S/C49H82N12O7/c1-32(2)29-39-45(66)61-49(4,46(67)58-37(41(54)62)22-12-17-27-51)25-15-8-6-5-7-14-24-48(3,60-42(63)35(53)20-11-16-26-50)47(68)59-40(30-33-31-55-36-21-10-9-19-34(33)36)44(65)56-38(43(64)57-39)23-13-18-28-52/h5-6,9-10,19,21,31-32,35,37-40,55H,7-8,11-18,20,22-30,50-53H2,1-4H3,(H2,54,62)(H,56,65)(H,57,64)(H,58,67)(H,59,68)(H,60,63)(H,61,66)/b6-5-/t35-,37-,38-,39-,40-,48-,49-/m0/s1. The van der Waals surface area contributed by atoms with Gasteiger partial charge in [-0.15, -0.1) is 0 Å². The van der Waals surface area contributed by atoms with Crippen LogP contribution in [0.1, 0.15) is 136 Å². The Kier molecular flexibility index (Phi) is 24.2. The van der Waals surface area contributed by atoms with Crippen LogP contribution >= 0.6 is 0 Å². The number of rotatable bonds is 21. The third kappa shape index (κ3) is 18.3. The number of aromatic amines is 1. The number of unbranched alkanes of at least 4 members (excludes halogenated alkanes) is 3. The number of primary amides is 1. The summed E-state index contributed by atoms with van der Waals surface area (Å²) in [6, 6.07) is 2.09. The Balaban J connectivity index is 2.12. The molecule has 0 saturated carbocycles. The topological polar surface area (TPSA) is 338 Å². The van der Waals surface area contributed by atoms with Crippen molar-refractivity contribution in [2.24, 2.45) is 34.6 Å². The SMILES string of the molecule is CC(C)C[C@@H]1NC(=O)[C@H](CCCCN)NC(=O)[C@H](Cc2c[nH]c3ccccc23)NC(=O)[C@@](C)(NC(=O)[C@@H](N)CCCCN)CCC/C=C\CCC[C@@](C)(C(=O)N[C@@H](CCCCN)C(N)=O)NC1=O. The Bertz CT molecular complexity index is 1990. The van der Waals surface area contributed by atoms with Crippen molar-refractivity contribution >= 4 is 52.3 Å². The zero-order valence-electron chi connectivity index (χ0n) is 40.9. The van der Waals surface area contributed by atoms with Crippen LogP contribution in [-0.2, 0) is 40.0 Å². The summed E-state index contributed by atoms with van der Waals surface area (Å²) in [6.07, 6.45) is 12.4. The quantitative estimate of drug-likeness (QED) is 0.0629. The molecule has 0 unspecified atom stereocenters. The van der Waals surface area contributed by atoms with E-state index in [1.165, 1.54) is 0 Å². The van der Waals surface area contributed by atoms with Gasteiger partial charge in [0.1, 0.15) is 35.2 Å². The highest BCUT2D eigenvalue weighted by molar-refractivity contribution is 5.99. The first-order chi connectivity index (χ1) is 32.4. The molecule has 68 heavy (non-hydrogen) atoms. The normalized spacial score (nSPS) is 24.1. The van der Waals surface area contributed by atoms with Gasteiger partial charge in [0.15, 0.2) is 0 Å². The molecule has 0 bridgehead atoms. The highest BCUT2D eigenvalue weighted by atomic mass is 16.2. The van der Waals surface area contributed by atoms with Gasteiger partial charge in [0.05, 0.1) is 6.04 Å². The molecule has 1 aliphatic heterocycles. The molecule has 19 heteroatoms. The molecule has 1 aromatic carbocycles. The number of carbonyl (C=O) groups is 7. The van der Waals surface area contributed by atoms with E-state index < -0.39 is 82.6 Å². The Labute approximate surface area is 402 Å². The van der Waals surface area contributed by atoms with Crippen molar-refractivity contribution in [3.05, 3.63) is 48.2 Å². The number of hydrogen-bond acceptors (Lipinski definition) is 11. The van der Waals surface area contributed by atoms with Gasteiger partial charge in [-0.25, -0.2) is 0 Å². The summed E-state index contributed by atoms with van der Waals surface area (Å²) in [6.45, 7) is 8.16. The van der Waals surface area contributed by atoms with E-state index in [4.69, 9.17) is 28.7 Å². The maximum Gasteiger partial charge on any atom is 0.246 e. The molecule has 17 N–H and O–H groups in total. The zero-order chi connectivity index (χ0) is 50.3. The van der Waals surface area contributed by atoms with E-state index >= 15 is 0 Å². The van der Waals surface area contributed by atoms with Crippen LogP contribution in [0, 0.1) is 5.92 Å². The molecule has 0 aliphatic carbocycles. The lowest BCUT2D eigenvalue weighted by Crippen LogP contribution is -2.64. The van der Waals surface area contributed by atoms with Gasteiger partial charge in [-0.05, 0) is 147 Å². The number of amides is 7. The summed E-state index contributed by atoms with van der Waals surface area (Å²) in [5.74, 6) is -4.48. The number of aromatic nitrogens is 1. The number of benzene rings is 1. The van der Waals surface area contributed by atoms with Crippen LogP contribution < -0.4 is 60.6 Å². The van der Waals surface area contributed by atoms with Crippen molar-refractivity contribution in [1.29, 1.82) is 0 Å². The summed E-state index contributed by atoms with van der Waals surface area (Å²) < 4.78 is 0. The largest absolute Gasteiger partial charge is 0.368 e. The smallest absolute Gasteiger partial charge is 0.246 e. The van der Waals surface area contributed by atoms with Gasteiger partial charge in [-0.1, -0.05) is 50.6 Å². The van der Waals surface area contributed by atoms with Crippen molar-refractivity contribution in [2.45, 2.75) is 178 Å². The van der Waals surface area contributed by atoms with Crippen LogP contribution in [0.15, 0.2) is 42.6 Å². The highest BCUT2D eigenvalue weighted by Crippen LogP contribution is 2.23. The molecule has 7 atom stereocenters. The predicted octanol–water partition coefficient (Wildman–Crippen LogP) is 1.56. The number of fused-ring (bicyclic) bond motifs is 1. The summed E-state index contributed by atoms with van der Waals surface area (Å²) in [5, 5.41) is 18.1. The molecule has 19 nitrogen and oxygen atoms in total. The van der Waals surface area contributed by atoms with E-state index in [9.17, 15) is 33.6 Å². The van der Waals surface area contributed by atoms with Gasteiger partial charge in [0, 0.05) is 23.5 Å². The van der Waals surface area contributed by atoms with Gasteiger partial charge in [0.25, 0.3) is 0 Å². The van der Waals surface area contributed by atoms with Crippen LogP contribution in [0.3, 0.4) is 0 Å². The van der Waals surface area contributed by atoms with Gasteiger partial charge < -0.3 is 65.6 Å². The number of para-hydroxylation sites is 1. The predicted molar refractivity (Wildman–Crippen MR) is 265 cm³/mol. The molecule has 7 amide bonds. The van der Waals surface area contributed by atoms with E-state index in [-0.39, 0.29) is 44.4 Å². The molecule has 0 fully saturated rings. The fourth-order valence-corrected chi connectivity index (χ4v) is 8.36. The van der Waals surface area contributed by atoms with E-state index in [1.54, 1.807) is 20.0 Å². The molecule has 0 radical (unpaired) electrons. The summed E-state index contributed by atoms with van der Waals surface area (Å²) in [5.41, 5.74) is 27.7. The third-order valence-corrected chi connectivity index (χ3v) is 12.6. The Morgan fingerprint density at radius 3 is 2.01 bits per heavy atom. The van der Waals surface area contributed by atoms with Crippen LogP contribution in [0.4, 0.5) is 0 Å². The summed E-state index contributed by atoms with van der Waals surface area (Å²) in [7, 11) is 0. The van der Waals surface area contributed by atoms with Gasteiger partial charge >= 0.3 is 0 Å². The average molecular weight is 951 g/mol. The molecule has 0 saturated heterocycles. The van der Waals surface area contributed by atoms with E-state index in [0.717, 1.165) is 16.5 Å². The third-order valence-electron chi connectivity index (χ3n) is 12.6. The van der Waals surface area contributed by atoms with Crippen LogP contribution in [0.25, 0.3) is 10.9 Å². The fourth-order valence-electron chi connectivity index (χ4n) is 8.36. The molecule has 1 aromatic heterocycles. The number of allylic oxidation sites excluding steroid dienone is 2. The molecule has 2 aromatic rings. The van der Waals surface area contributed by atoms with Gasteiger partial charge in [-0.2, -0.15) is 0 Å². The molecular weight excluding hydrogens is 869 g/mol. The van der Waals surface area contributed by atoms with Crippen molar-refractivity contribution < 1.29 is 33.6 Å². The number of hydrogen-bond donors (Lipinski definition) is 12. The molecular formula is C49H82N12O7. The second-order valence-corrected chi connectivity index (χ2v) is 19.1. The Morgan fingerprint density at radius 1 is 0.765 bits per heavy atom. The average Bonchev–Trinajstić information content (AvgIpc) is 3.70. The highest BCUT2D eigenvalue weighted by Gasteiger charge is 2.41. The maximum atomic E-state index is 14.7. The van der Waals surface area contributed by atoms with Crippen LogP contribution in [0.2, 0.25) is 0 Å². The molecule has 0 spiro atoms. The number of nitrogens with one attached hydrogen (secondary N) is 7. The lowest BCUT2D eigenvalue weighted by molar-refractivity contribution is -0.138. The first-order valence-corrected chi connectivity index (χ1v) is 24.6. The fraction of sp³-hybridized carbons (Fsp3) is 0.653. The first-order valence-electron chi connectivity index (χ1n) is 24.6. The minimum absolute atomic E-state index is 0.0206.